The molecule has 0 radical (unpaired) electrons. The molecule has 0 atom stereocenters. The fraction of sp³-hybridized carbons (Fsp3) is 0.471. The molecule has 0 bridgehead atoms. The molecule has 1 aliphatic rings. The van der Waals surface area contributed by atoms with Gasteiger partial charge in [0.05, 0.1) is 12.1 Å². The Balaban J connectivity index is 2.16. The van der Waals surface area contributed by atoms with Crippen LogP contribution in [0.1, 0.15) is 41.3 Å². The molecule has 1 heterocycles. The highest BCUT2D eigenvalue weighted by atomic mass is 16.3. The molecule has 0 aliphatic carbocycles. The van der Waals surface area contributed by atoms with Gasteiger partial charge in [-0.15, -0.1) is 0 Å². The van der Waals surface area contributed by atoms with Gasteiger partial charge in [-0.2, -0.15) is 0 Å². The van der Waals surface area contributed by atoms with Crippen molar-refractivity contribution >= 4 is 5.91 Å². The molecule has 0 aromatic heterocycles. The van der Waals surface area contributed by atoms with E-state index in [1.54, 1.807) is 4.90 Å². The molecule has 3 N–H and O–H groups in total. The maximum atomic E-state index is 12.5. The van der Waals surface area contributed by atoms with Gasteiger partial charge in [0.2, 0.25) is 0 Å². The second-order valence-corrected chi connectivity index (χ2v) is 5.82. The number of piperidine rings is 1. The van der Waals surface area contributed by atoms with E-state index >= 15 is 0 Å². The number of amides is 1. The fourth-order valence-electron chi connectivity index (χ4n) is 2.41. The van der Waals surface area contributed by atoms with E-state index in [1.807, 2.05) is 32.0 Å². The molecule has 1 amide bonds. The lowest BCUT2D eigenvalue weighted by atomic mass is 9.93. The Kier molecular flexibility index (Phi) is 4.66. The van der Waals surface area contributed by atoms with Crippen molar-refractivity contribution in [3.05, 3.63) is 34.9 Å². The Bertz CT molecular complexity index is 587. The predicted octanol–water partition coefficient (Wildman–Crippen LogP) is 1.29. The average Bonchev–Trinajstić information content (AvgIpc) is 2.46. The van der Waals surface area contributed by atoms with Gasteiger partial charge >= 0.3 is 0 Å². The van der Waals surface area contributed by atoms with E-state index in [1.165, 1.54) is 0 Å². The molecule has 21 heavy (non-hydrogen) atoms. The number of rotatable bonds is 1. The van der Waals surface area contributed by atoms with Gasteiger partial charge in [-0.05, 0) is 44.4 Å². The van der Waals surface area contributed by atoms with Gasteiger partial charge in [0.1, 0.15) is 0 Å². The number of hydrogen-bond acceptors (Lipinski definition) is 3. The molecular formula is C17H22N2O2. The van der Waals surface area contributed by atoms with Crippen LogP contribution in [0.15, 0.2) is 18.2 Å². The summed E-state index contributed by atoms with van der Waals surface area (Å²) in [6, 6.07) is 5.57. The highest BCUT2D eigenvalue weighted by Gasteiger charge is 2.29. The predicted molar refractivity (Wildman–Crippen MR) is 82.9 cm³/mol. The number of nitrogens with two attached hydrogens (primary N) is 1. The lowest BCUT2D eigenvalue weighted by Gasteiger charge is -2.35. The summed E-state index contributed by atoms with van der Waals surface area (Å²) in [6.07, 6.45) is 1.23. The van der Waals surface area contributed by atoms with Crippen molar-refractivity contribution in [3.63, 3.8) is 0 Å². The standard InChI is InChI=1S/C17H22N2O2/c1-13-5-6-15(12-14(13)4-3-9-18)16(20)19-10-7-17(2,21)8-11-19/h5-6,12,21H,7-11,18H2,1-2H3. The van der Waals surface area contributed by atoms with Crippen molar-refractivity contribution in [1.82, 2.24) is 4.90 Å². The Labute approximate surface area is 125 Å². The maximum absolute atomic E-state index is 12.5. The number of hydrogen-bond donors (Lipinski definition) is 2. The topological polar surface area (TPSA) is 66.6 Å². The van der Waals surface area contributed by atoms with Crippen LogP contribution in [-0.2, 0) is 0 Å². The van der Waals surface area contributed by atoms with E-state index in [-0.39, 0.29) is 5.91 Å². The smallest absolute Gasteiger partial charge is 0.253 e. The molecule has 1 fully saturated rings. The zero-order valence-electron chi connectivity index (χ0n) is 12.6. The van der Waals surface area contributed by atoms with Crippen LogP contribution in [0.5, 0.6) is 0 Å². The third-order valence-electron chi connectivity index (χ3n) is 3.94. The normalized spacial score (nSPS) is 17.0. The van der Waals surface area contributed by atoms with Crippen LogP contribution in [0.25, 0.3) is 0 Å². The zero-order chi connectivity index (χ0) is 15.5. The number of carbonyl (C=O) groups is 1. The van der Waals surface area contributed by atoms with Crippen LogP contribution in [-0.4, -0.2) is 41.1 Å². The molecule has 4 nitrogen and oxygen atoms in total. The van der Waals surface area contributed by atoms with Gasteiger partial charge in [0.25, 0.3) is 5.91 Å². The van der Waals surface area contributed by atoms with E-state index in [9.17, 15) is 9.90 Å². The summed E-state index contributed by atoms with van der Waals surface area (Å²) in [4.78, 5) is 14.3. The van der Waals surface area contributed by atoms with Gasteiger partial charge in [-0.1, -0.05) is 17.9 Å². The number of benzene rings is 1. The summed E-state index contributed by atoms with van der Waals surface area (Å²) >= 11 is 0. The van der Waals surface area contributed by atoms with E-state index in [2.05, 4.69) is 11.8 Å². The number of likely N-dealkylation sites (tertiary alicyclic amines) is 1. The molecule has 1 aromatic carbocycles. The van der Waals surface area contributed by atoms with Gasteiger partial charge in [-0.25, -0.2) is 0 Å². The van der Waals surface area contributed by atoms with Crippen molar-refractivity contribution in [2.75, 3.05) is 19.6 Å². The average molecular weight is 286 g/mol. The first kappa shape index (κ1) is 15.6. The SMILES string of the molecule is Cc1ccc(C(=O)N2CCC(C)(O)CC2)cc1C#CCN. The van der Waals surface area contributed by atoms with Crippen LogP contribution < -0.4 is 5.73 Å². The Morgan fingerprint density at radius 2 is 2.10 bits per heavy atom. The molecular weight excluding hydrogens is 264 g/mol. The van der Waals surface area contributed by atoms with Crippen LogP contribution >= 0.6 is 0 Å². The zero-order valence-corrected chi connectivity index (χ0v) is 12.6. The number of nitrogens with zero attached hydrogens (tertiary/aromatic N) is 1. The minimum absolute atomic E-state index is 0.00120. The van der Waals surface area contributed by atoms with E-state index in [0.717, 1.165) is 11.1 Å². The maximum Gasteiger partial charge on any atom is 0.253 e. The molecule has 1 aliphatic heterocycles. The van der Waals surface area contributed by atoms with Crippen molar-refractivity contribution in [2.45, 2.75) is 32.3 Å². The van der Waals surface area contributed by atoms with Crippen LogP contribution in [0.2, 0.25) is 0 Å². The lowest BCUT2D eigenvalue weighted by Crippen LogP contribution is -2.45. The van der Waals surface area contributed by atoms with Gasteiger partial charge in [0.15, 0.2) is 0 Å². The molecule has 0 saturated carbocycles. The Morgan fingerprint density at radius 1 is 1.43 bits per heavy atom. The monoisotopic (exact) mass is 286 g/mol. The highest BCUT2D eigenvalue weighted by molar-refractivity contribution is 5.94. The molecule has 1 saturated heterocycles. The third-order valence-corrected chi connectivity index (χ3v) is 3.94. The summed E-state index contributed by atoms with van der Waals surface area (Å²) in [5, 5.41) is 9.95. The molecule has 0 spiro atoms. The fourth-order valence-corrected chi connectivity index (χ4v) is 2.41. The minimum atomic E-state index is -0.651. The van der Waals surface area contributed by atoms with Gasteiger partial charge in [-0.3, -0.25) is 4.79 Å². The minimum Gasteiger partial charge on any atom is -0.390 e. The van der Waals surface area contributed by atoms with Crippen LogP contribution in [0, 0.1) is 18.8 Å². The highest BCUT2D eigenvalue weighted by Crippen LogP contribution is 2.23. The third kappa shape index (κ3) is 3.84. The number of aryl methyl sites for hydroxylation is 1. The Morgan fingerprint density at radius 3 is 2.71 bits per heavy atom. The van der Waals surface area contributed by atoms with Crippen LogP contribution in [0.4, 0.5) is 0 Å². The molecule has 2 rings (SSSR count). The van der Waals surface area contributed by atoms with E-state index < -0.39 is 5.60 Å². The Hall–Kier alpha value is -1.83. The second-order valence-electron chi connectivity index (χ2n) is 5.82. The largest absolute Gasteiger partial charge is 0.390 e. The summed E-state index contributed by atoms with van der Waals surface area (Å²) in [6.45, 7) is 5.26. The first-order valence-corrected chi connectivity index (χ1v) is 7.24. The van der Waals surface area contributed by atoms with Crippen molar-refractivity contribution in [1.29, 1.82) is 0 Å². The van der Waals surface area contributed by atoms with Gasteiger partial charge < -0.3 is 15.7 Å². The summed E-state index contributed by atoms with van der Waals surface area (Å²) in [5.74, 6) is 5.82. The number of carbonyl (C=O) groups excluding carboxylic acids is 1. The summed E-state index contributed by atoms with van der Waals surface area (Å²) in [7, 11) is 0. The molecule has 112 valence electrons. The summed E-state index contributed by atoms with van der Waals surface area (Å²) < 4.78 is 0. The molecule has 1 aromatic rings. The molecule has 0 unspecified atom stereocenters. The van der Waals surface area contributed by atoms with Crippen molar-refractivity contribution in [2.24, 2.45) is 5.73 Å². The second kappa shape index (κ2) is 6.30. The first-order valence-electron chi connectivity index (χ1n) is 7.24. The van der Waals surface area contributed by atoms with Crippen molar-refractivity contribution < 1.29 is 9.90 Å². The van der Waals surface area contributed by atoms with Gasteiger partial charge in [0, 0.05) is 24.2 Å². The summed E-state index contributed by atoms with van der Waals surface area (Å²) in [5.41, 5.74) is 7.26. The van der Waals surface area contributed by atoms with Crippen LogP contribution in [0.3, 0.4) is 0 Å². The van der Waals surface area contributed by atoms with E-state index in [0.29, 0.717) is 38.0 Å². The first-order chi connectivity index (χ1) is 9.93. The molecule has 4 heteroatoms. The quantitative estimate of drug-likeness (QED) is 0.765. The lowest BCUT2D eigenvalue weighted by molar-refractivity contribution is -0.00202. The number of aliphatic hydroxyl groups is 1. The van der Waals surface area contributed by atoms with E-state index in [4.69, 9.17) is 5.73 Å². The van der Waals surface area contributed by atoms with Crippen molar-refractivity contribution in [3.8, 4) is 11.8 Å².